The molecule has 3 rings (SSSR count). The highest BCUT2D eigenvalue weighted by molar-refractivity contribution is 6.04. The maximum absolute atomic E-state index is 13.8. The number of amidine groups is 1. The predicted octanol–water partition coefficient (Wildman–Crippen LogP) is 3.65. The van der Waals surface area contributed by atoms with Gasteiger partial charge in [-0.2, -0.15) is 0 Å². The van der Waals surface area contributed by atoms with Crippen LogP contribution in [0.1, 0.15) is 23.6 Å². The molecule has 0 unspecified atom stereocenters. The fourth-order valence-electron chi connectivity index (χ4n) is 2.83. The van der Waals surface area contributed by atoms with Gasteiger partial charge in [0.25, 0.3) is 6.43 Å². The van der Waals surface area contributed by atoms with Crippen LogP contribution in [0.4, 0.5) is 18.9 Å². The molecule has 0 aliphatic carbocycles. The maximum atomic E-state index is 13.8. The van der Waals surface area contributed by atoms with E-state index < -0.39 is 18.1 Å². The van der Waals surface area contributed by atoms with Gasteiger partial charge in [-0.25, -0.2) is 28.1 Å². The number of aliphatic imine (C=N–C) groups is 2. The number of alkyl halides is 2. The Labute approximate surface area is 181 Å². The molecular formula is C21H19F3N8. The largest absolute Gasteiger partial charge is 0.404 e. The summed E-state index contributed by atoms with van der Waals surface area (Å²) in [5, 5.41) is 8.11. The standard InChI is InChI=1S/C21H19F3N8/c22-16-3-1-2-4-17(16)28-8-12(7-25)5-14-6-15(18(32-14)20(27)31-11-26)13-9-29-21(19(23)24)30-10-13/h1-4,6-11,19,32H,5,25H2,(H3,26,27,31). The second kappa shape index (κ2) is 10.2. The molecule has 0 radical (unpaired) electrons. The molecule has 0 fully saturated rings. The number of H-pyrrole nitrogens is 1. The van der Waals surface area contributed by atoms with Gasteiger partial charge in [0.05, 0.1) is 17.7 Å². The molecule has 2 aromatic heterocycles. The van der Waals surface area contributed by atoms with Gasteiger partial charge < -0.3 is 16.5 Å². The Morgan fingerprint density at radius 1 is 1.19 bits per heavy atom. The zero-order valence-electron chi connectivity index (χ0n) is 16.6. The predicted molar refractivity (Wildman–Crippen MR) is 117 cm³/mol. The van der Waals surface area contributed by atoms with Gasteiger partial charge in [0, 0.05) is 41.8 Å². The van der Waals surface area contributed by atoms with Crippen molar-refractivity contribution in [3.8, 4) is 11.1 Å². The van der Waals surface area contributed by atoms with Crippen molar-refractivity contribution in [3.63, 3.8) is 0 Å². The van der Waals surface area contributed by atoms with E-state index in [9.17, 15) is 13.2 Å². The van der Waals surface area contributed by atoms with Gasteiger partial charge in [0.2, 0.25) is 0 Å². The summed E-state index contributed by atoms with van der Waals surface area (Å²) in [6.07, 6.45) is 3.67. The van der Waals surface area contributed by atoms with Crippen LogP contribution in [0.2, 0.25) is 0 Å². The fraction of sp³-hybridized carbons (Fsp3) is 0.0952. The lowest BCUT2D eigenvalue weighted by atomic mass is 10.1. The summed E-state index contributed by atoms with van der Waals surface area (Å²) in [4.78, 5) is 18.2. The molecule has 8 nitrogen and oxygen atoms in total. The summed E-state index contributed by atoms with van der Waals surface area (Å²) in [5.41, 5.74) is 13.5. The van der Waals surface area contributed by atoms with Crippen LogP contribution in [0.15, 0.2) is 64.5 Å². The lowest BCUT2D eigenvalue weighted by Crippen LogP contribution is -2.03. The van der Waals surface area contributed by atoms with E-state index in [1.165, 1.54) is 36.9 Å². The number of nitrogens with one attached hydrogen (secondary N) is 2. The Hall–Kier alpha value is -4.28. The zero-order chi connectivity index (χ0) is 23.1. The van der Waals surface area contributed by atoms with Crippen LogP contribution in [-0.2, 0) is 6.42 Å². The van der Waals surface area contributed by atoms with E-state index in [2.05, 4.69) is 24.9 Å². The zero-order valence-corrected chi connectivity index (χ0v) is 16.6. The first-order chi connectivity index (χ1) is 15.4. The van der Waals surface area contributed by atoms with E-state index in [1.807, 2.05) is 0 Å². The number of hydrogen-bond donors (Lipinski definition) is 4. The molecule has 164 valence electrons. The van der Waals surface area contributed by atoms with Crippen molar-refractivity contribution in [1.29, 1.82) is 5.41 Å². The molecule has 3 aromatic rings. The van der Waals surface area contributed by atoms with Gasteiger partial charge in [0.1, 0.15) is 5.82 Å². The number of allylic oxidation sites excluding steroid dienone is 1. The Bertz CT molecular complexity index is 1180. The monoisotopic (exact) mass is 440 g/mol. The average molecular weight is 440 g/mol. The van der Waals surface area contributed by atoms with Gasteiger partial charge in [0.15, 0.2) is 11.7 Å². The van der Waals surface area contributed by atoms with Crippen LogP contribution >= 0.6 is 0 Å². The smallest absolute Gasteiger partial charge is 0.297 e. The van der Waals surface area contributed by atoms with Gasteiger partial charge in [-0.15, -0.1) is 0 Å². The van der Waals surface area contributed by atoms with E-state index in [1.54, 1.807) is 18.2 Å². The SMILES string of the molecule is N=C(N=CN)c1[nH]c(CC(C=Nc2ccccc2F)=CN)cc1-c1cnc(C(F)F)nc1. The van der Waals surface area contributed by atoms with Crippen LogP contribution in [0.3, 0.4) is 0 Å². The molecule has 0 saturated heterocycles. The summed E-state index contributed by atoms with van der Waals surface area (Å²) < 4.78 is 39.3. The molecule has 0 amide bonds. The minimum absolute atomic E-state index is 0.162. The maximum Gasteiger partial charge on any atom is 0.297 e. The van der Waals surface area contributed by atoms with Crippen molar-refractivity contribution in [2.45, 2.75) is 12.8 Å². The Morgan fingerprint density at radius 3 is 2.53 bits per heavy atom. The normalized spacial score (nSPS) is 12.3. The van der Waals surface area contributed by atoms with Gasteiger partial charge in [-0.1, -0.05) is 12.1 Å². The summed E-state index contributed by atoms with van der Waals surface area (Å²) in [6, 6.07) is 7.74. The first-order valence-corrected chi connectivity index (χ1v) is 9.27. The molecule has 0 spiro atoms. The number of benzene rings is 1. The molecule has 0 saturated carbocycles. The first-order valence-electron chi connectivity index (χ1n) is 9.27. The molecule has 0 aliphatic heterocycles. The summed E-state index contributed by atoms with van der Waals surface area (Å²) >= 11 is 0. The van der Waals surface area contributed by atoms with Crippen molar-refractivity contribution in [3.05, 3.63) is 77.5 Å². The molecule has 0 bridgehead atoms. The fourth-order valence-corrected chi connectivity index (χ4v) is 2.83. The molecule has 11 heteroatoms. The van der Waals surface area contributed by atoms with E-state index >= 15 is 0 Å². The Balaban J connectivity index is 1.92. The van der Waals surface area contributed by atoms with E-state index in [0.717, 1.165) is 6.34 Å². The Morgan fingerprint density at radius 2 is 1.91 bits per heavy atom. The van der Waals surface area contributed by atoms with Crippen molar-refractivity contribution in [2.75, 3.05) is 0 Å². The summed E-state index contributed by atoms with van der Waals surface area (Å²) in [7, 11) is 0. The van der Waals surface area contributed by atoms with E-state index in [4.69, 9.17) is 16.9 Å². The number of nitrogens with two attached hydrogens (primary N) is 2. The molecule has 0 atom stereocenters. The van der Waals surface area contributed by atoms with Crippen LogP contribution in [0, 0.1) is 11.2 Å². The summed E-state index contributed by atoms with van der Waals surface area (Å²) in [6.45, 7) is 0. The third kappa shape index (κ3) is 5.25. The number of hydrogen-bond acceptors (Lipinski definition) is 5. The second-order valence-electron chi connectivity index (χ2n) is 6.47. The number of halogens is 3. The molecule has 0 aliphatic rings. The minimum atomic E-state index is -2.79. The molecular weight excluding hydrogens is 421 g/mol. The molecule has 32 heavy (non-hydrogen) atoms. The lowest BCUT2D eigenvalue weighted by Gasteiger charge is -2.03. The quantitative estimate of drug-likeness (QED) is 0.328. The number of aromatic amines is 1. The number of nitrogens with zero attached hydrogens (tertiary/aromatic N) is 4. The van der Waals surface area contributed by atoms with Crippen LogP contribution < -0.4 is 11.5 Å². The first kappa shape index (κ1) is 22.4. The molecule has 2 heterocycles. The Kier molecular flexibility index (Phi) is 7.11. The van der Waals surface area contributed by atoms with Crippen molar-refractivity contribution in [1.82, 2.24) is 15.0 Å². The number of aromatic nitrogens is 3. The van der Waals surface area contributed by atoms with Crippen molar-refractivity contribution >= 4 is 24.1 Å². The van der Waals surface area contributed by atoms with E-state index in [-0.39, 0.29) is 23.6 Å². The third-order valence-corrected chi connectivity index (χ3v) is 4.32. The highest BCUT2D eigenvalue weighted by Gasteiger charge is 2.17. The van der Waals surface area contributed by atoms with Gasteiger partial charge >= 0.3 is 0 Å². The lowest BCUT2D eigenvalue weighted by molar-refractivity contribution is 0.140. The highest BCUT2D eigenvalue weighted by Crippen LogP contribution is 2.27. The van der Waals surface area contributed by atoms with Crippen LogP contribution in [0.5, 0.6) is 0 Å². The minimum Gasteiger partial charge on any atom is -0.404 e. The van der Waals surface area contributed by atoms with Gasteiger partial charge in [-0.3, -0.25) is 10.4 Å². The molecule has 6 N–H and O–H groups in total. The van der Waals surface area contributed by atoms with E-state index in [0.29, 0.717) is 22.4 Å². The van der Waals surface area contributed by atoms with Crippen LogP contribution in [-0.4, -0.2) is 33.3 Å². The third-order valence-electron chi connectivity index (χ3n) is 4.32. The van der Waals surface area contributed by atoms with Crippen molar-refractivity contribution in [2.24, 2.45) is 21.5 Å². The topological polar surface area (TPSA) is 142 Å². The highest BCUT2D eigenvalue weighted by atomic mass is 19.3. The average Bonchev–Trinajstić information content (AvgIpc) is 3.21. The van der Waals surface area contributed by atoms with Crippen molar-refractivity contribution < 1.29 is 13.2 Å². The number of rotatable bonds is 7. The van der Waals surface area contributed by atoms with Crippen LogP contribution in [0.25, 0.3) is 11.1 Å². The second-order valence-corrected chi connectivity index (χ2v) is 6.47. The summed E-state index contributed by atoms with van der Waals surface area (Å²) in [5.74, 6) is -1.24. The number of para-hydroxylation sites is 1. The molecule has 1 aromatic carbocycles. The van der Waals surface area contributed by atoms with Gasteiger partial charge in [-0.05, 0) is 30.0 Å².